The number of benzene rings is 1. The van der Waals surface area contributed by atoms with Crippen LogP contribution in [0.15, 0.2) is 30.4 Å². The number of hydrogen-bond acceptors (Lipinski definition) is 6. The standard InChI is InChI=1S/C14H13NO7/c1-21-13(19)8-3-4-9(14(20)22-2)10(7-8)15-11(16)5-6-12(17)18/h3-7H,1-2H3,(H,15,16)(H,17,18). The molecule has 0 spiro atoms. The van der Waals surface area contributed by atoms with Gasteiger partial charge in [0.25, 0.3) is 0 Å². The number of carboxylic acids is 1. The predicted octanol–water partition coefficient (Wildman–Crippen LogP) is 0.839. The largest absolute Gasteiger partial charge is 0.478 e. The van der Waals surface area contributed by atoms with Crippen molar-refractivity contribution < 1.29 is 33.8 Å². The van der Waals surface area contributed by atoms with Gasteiger partial charge in [0.1, 0.15) is 0 Å². The Kier molecular flexibility index (Phi) is 5.82. The highest BCUT2D eigenvalue weighted by Crippen LogP contribution is 2.19. The van der Waals surface area contributed by atoms with Crippen LogP contribution in [-0.2, 0) is 19.1 Å². The molecule has 1 amide bonds. The number of carboxylic acid groups (broad SMARTS) is 1. The molecule has 0 saturated carbocycles. The number of rotatable bonds is 5. The van der Waals surface area contributed by atoms with Crippen molar-refractivity contribution in [3.8, 4) is 0 Å². The molecule has 22 heavy (non-hydrogen) atoms. The maximum absolute atomic E-state index is 11.6. The summed E-state index contributed by atoms with van der Waals surface area (Å²) in [6, 6.07) is 3.85. The molecule has 0 aliphatic rings. The second-order valence-corrected chi connectivity index (χ2v) is 3.90. The van der Waals surface area contributed by atoms with E-state index < -0.39 is 23.8 Å². The minimum absolute atomic E-state index is 0.00483. The summed E-state index contributed by atoms with van der Waals surface area (Å²) in [6.45, 7) is 0. The number of carbonyl (C=O) groups excluding carboxylic acids is 3. The molecule has 0 unspecified atom stereocenters. The highest BCUT2D eigenvalue weighted by Gasteiger charge is 2.16. The molecule has 116 valence electrons. The molecule has 0 atom stereocenters. The number of anilines is 1. The van der Waals surface area contributed by atoms with Gasteiger partial charge in [0.05, 0.1) is 31.0 Å². The fraction of sp³-hybridized carbons (Fsp3) is 0.143. The highest BCUT2D eigenvalue weighted by atomic mass is 16.5. The predicted molar refractivity (Wildman–Crippen MR) is 74.5 cm³/mol. The van der Waals surface area contributed by atoms with Crippen LogP contribution >= 0.6 is 0 Å². The molecule has 0 saturated heterocycles. The van der Waals surface area contributed by atoms with Crippen molar-refractivity contribution in [2.75, 3.05) is 19.5 Å². The van der Waals surface area contributed by atoms with Gasteiger partial charge >= 0.3 is 17.9 Å². The molecule has 8 nitrogen and oxygen atoms in total. The Hall–Kier alpha value is -3.16. The molecular formula is C14H13NO7. The Morgan fingerprint density at radius 3 is 2.23 bits per heavy atom. The number of hydrogen-bond donors (Lipinski definition) is 2. The molecule has 2 N–H and O–H groups in total. The Bertz CT molecular complexity index is 649. The van der Waals surface area contributed by atoms with E-state index >= 15 is 0 Å². The molecule has 1 aromatic rings. The normalized spacial score (nSPS) is 10.1. The minimum Gasteiger partial charge on any atom is -0.478 e. The second kappa shape index (κ2) is 7.58. The van der Waals surface area contributed by atoms with Crippen molar-refractivity contribution in [3.05, 3.63) is 41.5 Å². The van der Waals surface area contributed by atoms with Gasteiger partial charge in [-0.2, -0.15) is 0 Å². The van der Waals surface area contributed by atoms with Crippen molar-refractivity contribution in [1.82, 2.24) is 0 Å². The SMILES string of the molecule is COC(=O)c1ccc(C(=O)OC)c(NC(=O)C=CC(=O)O)c1. The quantitative estimate of drug-likeness (QED) is 0.611. The monoisotopic (exact) mass is 307 g/mol. The van der Waals surface area contributed by atoms with Crippen LogP contribution in [0.1, 0.15) is 20.7 Å². The lowest BCUT2D eigenvalue weighted by atomic mass is 10.1. The Balaban J connectivity index is 3.16. The molecular weight excluding hydrogens is 294 g/mol. The van der Waals surface area contributed by atoms with Gasteiger partial charge in [0.15, 0.2) is 0 Å². The fourth-order valence-corrected chi connectivity index (χ4v) is 1.50. The zero-order valence-electron chi connectivity index (χ0n) is 11.8. The average Bonchev–Trinajstić information content (AvgIpc) is 2.51. The summed E-state index contributed by atoms with van der Waals surface area (Å²) in [7, 11) is 2.34. The van der Waals surface area contributed by atoms with Crippen molar-refractivity contribution in [1.29, 1.82) is 0 Å². The molecule has 1 aromatic carbocycles. The van der Waals surface area contributed by atoms with Gasteiger partial charge < -0.3 is 19.9 Å². The summed E-state index contributed by atoms with van der Waals surface area (Å²) in [5.41, 5.74) is 0.106. The summed E-state index contributed by atoms with van der Waals surface area (Å²) < 4.78 is 9.11. The van der Waals surface area contributed by atoms with Crippen molar-refractivity contribution >= 4 is 29.5 Å². The van der Waals surface area contributed by atoms with Gasteiger partial charge in [0.2, 0.25) is 5.91 Å². The zero-order chi connectivity index (χ0) is 16.7. The molecule has 0 aromatic heterocycles. The van der Waals surface area contributed by atoms with Gasteiger partial charge in [-0.3, -0.25) is 4.79 Å². The van der Waals surface area contributed by atoms with Crippen molar-refractivity contribution in [3.63, 3.8) is 0 Å². The lowest BCUT2D eigenvalue weighted by Gasteiger charge is -2.10. The third kappa shape index (κ3) is 4.44. The molecule has 0 heterocycles. The van der Waals surface area contributed by atoms with Crippen LogP contribution in [0.3, 0.4) is 0 Å². The van der Waals surface area contributed by atoms with Crippen LogP contribution in [0, 0.1) is 0 Å². The van der Waals surface area contributed by atoms with E-state index in [-0.39, 0.29) is 16.8 Å². The van der Waals surface area contributed by atoms with E-state index in [4.69, 9.17) is 5.11 Å². The maximum atomic E-state index is 11.6. The van der Waals surface area contributed by atoms with Crippen molar-refractivity contribution in [2.45, 2.75) is 0 Å². The smallest absolute Gasteiger partial charge is 0.339 e. The minimum atomic E-state index is -1.30. The van der Waals surface area contributed by atoms with E-state index in [1.54, 1.807) is 0 Å². The number of aliphatic carboxylic acids is 1. The first-order valence-corrected chi connectivity index (χ1v) is 5.91. The van der Waals surface area contributed by atoms with Crippen LogP contribution in [0.25, 0.3) is 0 Å². The Morgan fingerprint density at radius 1 is 1.05 bits per heavy atom. The van der Waals surface area contributed by atoms with Gasteiger partial charge in [-0.05, 0) is 18.2 Å². The Morgan fingerprint density at radius 2 is 1.68 bits per heavy atom. The number of amides is 1. The van der Waals surface area contributed by atoms with Gasteiger partial charge in [-0.15, -0.1) is 0 Å². The van der Waals surface area contributed by atoms with Crippen LogP contribution in [0.2, 0.25) is 0 Å². The second-order valence-electron chi connectivity index (χ2n) is 3.90. The van der Waals surface area contributed by atoms with Gasteiger partial charge in [-0.25, -0.2) is 14.4 Å². The summed E-state index contributed by atoms with van der Waals surface area (Å²) >= 11 is 0. The van der Waals surface area contributed by atoms with Crippen LogP contribution < -0.4 is 5.32 Å². The zero-order valence-corrected chi connectivity index (χ0v) is 11.8. The lowest BCUT2D eigenvalue weighted by Crippen LogP contribution is -2.14. The maximum Gasteiger partial charge on any atom is 0.339 e. The molecule has 0 aliphatic carbocycles. The van der Waals surface area contributed by atoms with Crippen LogP contribution in [0.4, 0.5) is 5.69 Å². The average molecular weight is 307 g/mol. The van der Waals surface area contributed by atoms with Crippen LogP contribution in [0.5, 0.6) is 0 Å². The fourth-order valence-electron chi connectivity index (χ4n) is 1.50. The summed E-state index contributed by atoms with van der Waals surface area (Å²) in [5.74, 6) is -3.47. The highest BCUT2D eigenvalue weighted by molar-refractivity contribution is 6.07. The third-order valence-corrected chi connectivity index (χ3v) is 2.48. The first kappa shape index (κ1) is 16.9. The number of methoxy groups -OCH3 is 2. The third-order valence-electron chi connectivity index (χ3n) is 2.48. The van der Waals surface area contributed by atoms with E-state index in [0.717, 1.165) is 13.2 Å². The van der Waals surface area contributed by atoms with E-state index in [1.165, 1.54) is 25.3 Å². The molecule has 0 fully saturated rings. The first-order chi connectivity index (χ1) is 10.4. The van der Waals surface area contributed by atoms with Gasteiger partial charge in [0, 0.05) is 12.2 Å². The summed E-state index contributed by atoms with van der Waals surface area (Å²) in [6.07, 6.45) is 1.41. The number of esters is 2. The van der Waals surface area contributed by atoms with Gasteiger partial charge in [-0.1, -0.05) is 0 Å². The molecule has 8 heteroatoms. The molecule has 0 aliphatic heterocycles. The number of carbonyl (C=O) groups is 4. The Labute approximate surface area is 125 Å². The molecule has 0 radical (unpaired) electrons. The lowest BCUT2D eigenvalue weighted by molar-refractivity contribution is -0.131. The van der Waals surface area contributed by atoms with Crippen LogP contribution in [-0.4, -0.2) is 43.1 Å². The summed E-state index contributed by atoms with van der Waals surface area (Å²) in [5, 5.41) is 10.8. The number of nitrogens with one attached hydrogen (secondary N) is 1. The van der Waals surface area contributed by atoms with E-state index in [0.29, 0.717) is 6.08 Å². The van der Waals surface area contributed by atoms with Crippen molar-refractivity contribution in [2.24, 2.45) is 0 Å². The molecule has 0 bridgehead atoms. The van der Waals surface area contributed by atoms with E-state index in [1.807, 2.05) is 0 Å². The topological polar surface area (TPSA) is 119 Å². The number of ether oxygens (including phenoxy) is 2. The van der Waals surface area contributed by atoms with E-state index in [9.17, 15) is 19.2 Å². The molecule has 1 rings (SSSR count). The first-order valence-electron chi connectivity index (χ1n) is 5.91. The van der Waals surface area contributed by atoms with E-state index in [2.05, 4.69) is 14.8 Å². The summed E-state index contributed by atoms with van der Waals surface area (Å²) in [4.78, 5) is 45.1.